The summed E-state index contributed by atoms with van der Waals surface area (Å²) in [7, 11) is 0. The van der Waals surface area contributed by atoms with Crippen molar-refractivity contribution in [2.75, 3.05) is 13.1 Å². The molecular weight excluding hydrogens is 240 g/mol. The molecule has 5 heteroatoms. The number of aromatic nitrogens is 3. The van der Waals surface area contributed by atoms with Gasteiger partial charge in [0.15, 0.2) is 5.65 Å². The first-order valence-corrected chi connectivity index (χ1v) is 6.76. The van der Waals surface area contributed by atoms with Gasteiger partial charge in [0.2, 0.25) is 0 Å². The van der Waals surface area contributed by atoms with Gasteiger partial charge in [-0.3, -0.25) is 9.20 Å². The van der Waals surface area contributed by atoms with Crippen molar-refractivity contribution in [3.05, 3.63) is 29.7 Å². The van der Waals surface area contributed by atoms with E-state index in [0.29, 0.717) is 5.56 Å². The van der Waals surface area contributed by atoms with E-state index in [9.17, 15) is 4.79 Å². The van der Waals surface area contributed by atoms with Gasteiger partial charge in [-0.05, 0) is 37.8 Å². The van der Waals surface area contributed by atoms with Crippen molar-refractivity contribution in [2.45, 2.75) is 26.7 Å². The van der Waals surface area contributed by atoms with Crippen LogP contribution >= 0.6 is 0 Å². The summed E-state index contributed by atoms with van der Waals surface area (Å²) in [5.41, 5.74) is 1.49. The number of fused-ring (bicyclic) bond motifs is 1. The van der Waals surface area contributed by atoms with Crippen molar-refractivity contribution < 1.29 is 4.79 Å². The summed E-state index contributed by atoms with van der Waals surface area (Å²) in [5, 5.41) is 8.04. The van der Waals surface area contributed by atoms with Crippen molar-refractivity contribution in [1.29, 1.82) is 0 Å². The predicted molar refractivity (Wildman–Crippen MR) is 72.0 cm³/mol. The van der Waals surface area contributed by atoms with Gasteiger partial charge in [-0.2, -0.15) is 0 Å². The highest BCUT2D eigenvalue weighted by atomic mass is 16.2. The summed E-state index contributed by atoms with van der Waals surface area (Å²) in [6.45, 7) is 5.85. The Labute approximate surface area is 112 Å². The minimum atomic E-state index is 0.113. The quantitative estimate of drug-likeness (QED) is 0.785. The Bertz CT molecular complexity index is 611. The Hall–Kier alpha value is -1.91. The monoisotopic (exact) mass is 258 g/mol. The van der Waals surface area contributed by atoms with Crippen LogP contribution in [0.5, 0.6) is 0 Å². The van der Waals surface area contributed by atoms with Crippen molar-refractivity contribution in [3.63, 3.8) is 0 Å². The van der Waals surface area contributed by atoms with Crippen LogP contribution in [0, 0.1) is 12.8 Å². The van der Waals surface area contributed by atoms with E-state index in [1.165, 1.54) is 0 Å². The molecule has 1 aliphatic heterocycles. The summed E-state index contributed by atoms with van der Waals surface area (Å²) >= 11 is 0. The van der Waals surface area contributed by atoms with Gasteiger partial charge in [-0.15, -0.1) is 10.2 Å². The largest absolute Gasteiger partial charge is 0.339 e. The van der Waals surface area contributed by atoms with Gasteiger partial charge in [-0.1, -0.05) is 6.92 Å². The lowest BCUT2D eigenvalue weighted by molar-refractivity contribution is 0.0696. The molecule has 3 heterocycles. The minimum Gasteiger partial charge on any atom is -0.339 e. The average molecular weight is 258 g/mol. The summed E-state index contributed by atoms with van der Waals surface area (Å²) in [5.74, 6) is 1.64. The summed E-state index contributed by atoms with van der Waals surface area (Å²) in [4.78, 5) is 14.4. The zero-order valence-corrected chi connectivity index (χ0v) is 11.3. The third kappa shape index (κ3) is 2.20. The number of nitrogens with zero attached hydrogens (tertiary/aromatic N) is 4. The van der Waals surface area contributed by atoms with Crippen LogP contribution < -0.4 is 0 Å². The highest BCUT2D eigenvalue weighted by molar-refractivity contribution is 5.94. The van der Waals surface area contributed by atoms with Gasteiger partial charge < -0.3 is 4.90 Å². The molecule has 0 bridgehead atoms. The fourth-order valence-electron chi connectivity index (χ4n) is 2.53. The molecule has 2 aromatic rings. The van der Waals surface area contributed by atoms with Gasteiger partial charge >= 0.3 is 0 Å². The van der Waals surface area contributed by atoms with Crippen LogP contribution in [0.15, 0.2) is 18.3 Å². The maximum absolute atomic E-state index is 12.5. The third-order valence-electron chi connectivity index (χ3n) is 3.89. The van der Waals surface area contributed by atoms with Crippen LogP contribution in [0.1, 0.15) is 35.9 Å². The molecule has 0 aliphatic carbocycles. The topological polar surface area (TPSA) is 50.5 Å². The lowest BCUT2D eigenvalue weighted by atomic mass is 9.99. The standard InChI is InChI=1S/C14H18N4O/c1-10-5-7-17(8-6-10)14(19)12-3-4-13-16-15-11(2)18(13)9-12/h3-4,9-10H,5-8H2,1-2H3. The molecule has 1 fully saturated rings. The van der Waals surface area contributed by atoms with Gasteiger partial charge in [-0.25, -0.2) is 0 Å². The first kappa shape index (κ1) is 12.1. The number of hydrogen-bond donors (Lipinski definition) is 0. The van der Waals surface area contributed by atoms with E-state index in [-0.39, 0.29) is 5.91 Å². The number of amides is 1. The molecular formula is C14H18N4O. The van der Waals surface area contributed by atoms with Crippen LogP contribution in [0.3, 0.4) is 0 Å². The molecule has 2 aromatic heterocycles. The SMILES string of the molecule is Cc1nnc2ccc(C(=O)N3CCC(C)CC3)cn12. The molecule has 19 heavy (non-hydrogen) atoms. The molecule has 0 atom stereocenters. The first-order chi connectivity index (χ1) is 9.15. The number of aryl methyl sites for hydroxylation is 1. The van der Waals surface area contributed by atoms with Gasteiger partial charge in [0, 0.05) is 19.3 Å². The fourth-order valence-corrected chi connectivity index (χ4v) is 2.53. The highest BCUT2D eigenvalue weighted by Crippen LogP contribution is 2.18. The molecule has 0 aromatic carbocycles. The van der Waals surface area contributed by atoms with Gasteiger partial charge in [0.1, 0.15) is 5.82 Å². The number of carbonyl (C=O) groups excluding carboxylic acids is 1. The maximum Gasteiger partial charge on any atom is 0.255 e. The molecule has 0 spiro atoms. The van der Waals surface area contributed by atoms with Crippen molar-refractivity contribution in [1.82, 2.24) is 19.5 Å². The summed E-state index contributed by atoms with van der Waals surface area (Å²) in [6.07, 6.45) is 4.03. The van der Waals surface area contributed by atoms with Crippen molar-refractivity contribution >= 4 is 11.6 Å². The Morgan fingerprint density at radius 1 is 1.26 bits per heavy atom. The second-order valence-electron chi connectivity index (χ2n) is 5.37. The molecule has 5 nitrogen and oxygen atoms in total. The van der Waals surface area contributed by atoms with Crippen molar-refractivity contribution in [2.24, 2.45) is 5.92 Å². The molecule has 100 valence electrons. The van der Waals surface area contributed by atoms with Crippen LogP contribution in [0.4, 0.5) is 0 Å². The zero-order chi connectivity index (χ0) is 13.4. The highest BCUT2D eigenvalue weighted by Gasteiger charge is 2.21. The van der Waals surface area contributed by atoms with Crippen LogP contribution in [0.2, 0.25) is 0 Å². The lowest BCUT2D eigenvalue weighted by Gasteiger charge is -2.30. The molecule has 1 saturated heterocycles. The average Bonchev–Trinajstić information content (AvgIpc) is 2.80. The summed E-state index contributed by atoms with van der Waals surface area (Å²) < 4.78 is 1.86. The van der Waals surface area contributed by atoms with Gasteiger partial charge in [0.25, 0.3) is 5.91 Å². The van der Waals surface area contributed by atoms with E-state index in [4.69, 9.17) is 0 Å². The number of hydrogen-bond acceptors (Lipinski definition) is 3. The fraction of sp³-hybridized carbons (Fsp3) is 0.500. The minimum absolute atomic E-state index is 0.113. The van der Waals surface area contributed by atoms with Crippen LogP contribution in [-0.4, -0.2) is 38.5 Å². The van der Waals surface area contributed by atoms with Gasteiger partial charge in [0.05, 0.1) is 5.56 Å². The number of likely N-dealkylation sites (tertiary alicyclic amines) is 1. The normalized spacial score (nSPS) is 17.1. The number of pyridine rings is 1. The molecule has 0 radical (unpaired) electrons. The number of carbonyl (C=O) groups is 1. The Morgan fingerprint density at radius 3 is 2.74 bits per heavy atom. The predicted octanol–water partition coefficient (Wildman–Crippen LogP) is 1.91. The van der Waals surface area contributed by atoms with E-state index in [0.717, 1.165) is 43.3 Å². The lowest BCUT2D eigenvalue weighted by Crippen LogP contribution is -2.38. The molecule has 1 aliphatic rings. The number of piperidine rings is 1. The molecule has 0 saturated carbocycles. The molecule has 0 unspecified atom stereocenters. The summed E-state index contributed by atoms with van der Waals surface area (Å²) in [6, 6.07) is 3.68. The van der Waals surface area contributed by atoms with E-state index in [1.54, 1.807) is 0 Å². The van der Waals surface area contributed by atoms with Crippen LogP contribution in [-0.2, 0) is 0 Å². The Balaban J connectivity index is 1.87. The third-order valence-corrected chi connectivity index (χ3v) is 3.89. The van der Waals surface area contributed by atoms with Crippen LogP contribution in [0.25, 0.3) is 5.65 Å². The van der Waals surface area contributed by atoms with E-state index < -0.39 is 0 Å². The second kappa shape index (κ2) is 4.64. The Morgan fingerprint density at radius 2 is 2.00 bits per heavy atom. The smallest absolute Gasteiger partial charge is 0.255 e. The van der Waals surface area contributed by atoms with E-state index in [1.807, 2.05) is 34.6 Å². The molecule has 1 amide bonds. The first-order valence-electron chi connectivity index (χ1n) is 6.76. The Kier molecular flexibility index (Phi) is 2.97. The van der Waals surface area contributed by atoms with E-state index in [2.05, 4.69) is 17.1 Å². The number of rotatable bonds is 1. The molecule has 0 N–H and O–H groups in total. The zero-order valence-electron chi connectivity index (χ0n) is 11.3. The van der Waals surface area contributed by atoms with Crippen molar-refractivity contribution in [3.8, 4) is 0 Å². The molecule has 3 rings (SSSR count). The van der Waals surface area contributed by atoms with E-state index >= 15 is 0 Å². The second-order valence-corrected chi connectivity index (χ2v) is 5.37. The maximum atomic E-state index is 12.5.